The van der Waals surface area contributed by atoms with Crippen LogP contribution in [-0.2, 0) is 9.53 Å². The number of nitrogens with zero attached hydrogens (tertiary/aromatic N) is 1. The summed E-state index contributed by atoms with van der Waals surface area (Å²) in [5.74, 6) is 0.0494. The van der Waals surface area contributed by atoms with Crippen LogP contribution in [0.3, 0.4) is 0 Å². The van der Waals surface area contributed by atoms with Crippen LogP contribution in [0.25, 0.3) is 0 Å². The van der Waals surface area contributed by atoms with E-state index in [1.54, 1.807) is 30.5 Å². The summed E-state index contributed by atoms with van der Waals surface area (Å²) in [6.45, 7) is 0. The van der Waals surface area contributed by atoms with Gasteiger partial charge >= 0.3 is 0 Å². The lowest BCUT2D eigenvalue weighted by atomic mass is 10.2. The molecule has 1 rings (SSSR count). The van der Waals surface area contributed by atoms with E-state index in [4.69, 9.17) is 4.74 Å². The summed E-state index contributed by atoms with van der Waals surface area (Å²) < 4.78 is 4.97. The second-order valence-corrected chi connectivity index (χ2v) is 2.89. The Kier molecular flexibility index (Phi) is 6.09. The van der Waals surface area contributed by atoms with Crippen molar-refractivity contribution in [3.63, 3.8) is 0 Å². The minimum Gasteiger partial charge on any atom is -0.471 e. The number of carbonyl (C=O) groups is 1. The number of rotatable bonds is 0. The standard InChI is InChI=1S/C13H13NO2/c15-13-7-3-1-2-5-9-14-10-12-16-11-6-4-8-13/h1-6,8-12H,7H2. The van der Waals surface area contributed by atoms with E-state index in [9.17, 15) is 4.79 Å². The number of ether oxygens (including phenoxy) is 1. The van der Waals surface area contributed by atoms with Crippen LogP contribution in [0, 0.1) is 0 Å². The summed E-state index contributed by atoms with van der Waals surface area (Å²) in [7, 11) is 0. The predicted octanol–water partition coefficient (Wildman–Crippen LogP) is 2.70. The van der Waals surface area contributed by atoms with E-state index in [1.807, 2.05) is 12.2 Å². The van der Waals surface area contributed by atoms with Gasteiger partial charge in [-0.15, -0.1) is 0 Å². The van der Waals surface area contributed by atoms with E-state index >= 15 is 0 Å². The number of carbonyl (C=O) groups excluding carboxylic acids is 1. The summed E-state index contributed by atoms with van der Waals surface area (Å²) in [4.78, 5) is 15.2. The molecule has 0 aromatic heterocycles. The van der Waals surface area contributed by atoms with Gasteiger partial charge in [0.05, 0.1) is 12.5 Å². The molecular weight excluding hydrogens is 202 g/mol. The van der Waals surface area contributed by atoms with Gasteiger partial charge in [-0.1, -0.05) is 24.3 Å². The van der Waals surface area contributed by atoms with Crippen LogP contribution in [0.1, 0.15) is 6.42 Å². The van der Waals surface area contributed by atoms with Crippen molar-refractivity contribution in [2.24, 2.45) is 4.99 Å². The molecule has 0 aliphatic carbocycles. The van der Waals surface area contributed by atoms with Gasteiger partial charge in [0.15, 0.2) is 5.78 Å². The number of hydrogen-bond acceptors (Lipinski definition) is 3. The molecule has 0 saturated carbocycles. The van der Waals surface area contributed by atoms with Crippen LogP contribution >= 0.6 is 0 Å². The zero-order chi connectivity index (χ0) is 11.5. The Hall–Kier alpha value is -2.16. The highest BCUT2D eigenvalue weighted by Gasteiger charge is 1.89. The van der Waals surface area contributed by atoms with Gasteiger partial charge in [0, 0.05) is 12.6 Å². The van der Waals surface area contributed by atoms with Gasteiger partial charge in [-0.25, -0.2) is 0 Å². The zero-order valence-corrected chi connectivity index (χ0v) is 8.82. The lowest BCUT2D eigenvalue weighted by Crippen LogP contribution is -1.87. The van der Waals surface area contributed by atoms with Crippen LogP contribution in [0.5, 0.6) is 0 Å². The van der Waals surface area contributed by atoms with Crippen molar-refractivity contribution in [3.05, 3.63) is 61.3 Å². The Morgan fingerprint density at radius 1 is 1.06 bits per heavy atom. The van der Waals surface area contributed by atoms with Crippen molar-refractivity contribution in [1.82, 2.24) is 0 Å². The molecule has 0 saturated heterocycles. The molecule has 1 aliphatic rings. The lowest BCUT2D eigenvalue weighted by Gasteiger charge is -1.86. The van der Waals surface area contributed by atoms with E-state index in [-0.39, 0.29) is 5.78 Å². The molecule has 0 atom stereocenters. The van der Waals surface area contributed by atoms with Crippen molar-refractivity contribution in [3.8, 4) is 0 Å². The first kappa shape index (κ1) is 11.9. The maximum Gasteiger partial charge on any atom is 0.159 e. The highest BCUT2D eigenvalue weighted by molar-refractivity contribution is 5.90. The number of aliphatic imine (C=N–C) groups is 1. The van der Waals surface area contributed by atoms with Crippen molar-refractivity contribution in [2.45, 2.75) is 6.42 Å². The topological polar surface area (TPSA) is 38.7 Å². The van der Waals surface area contributed by atoms with Crippen molar-refractivity contribution in [1.29, 1.82) is 0 Å². The molecule has 3 heteroatoms. The SMILES string of the molecule is O=C1C=CC=COC=CN=CC=CC=CC1. The number of ketones is 1. The van der Waals surface area contributed by atoms with Crippen LogP contribution in [0.4, 0.5) is 0 Å². The summed E-state index contributed by atoms with van der Waals surface area (Å²) in [6, 6.07) is 0. The number of hydrogen-bond donors (Lipinski definition) is 0. The van der Waals surface area contributed by atoms with Gasteiger partial charge in [0.1, 0.15) is 6.26 Å². The molecule has 0 unspecified atom stereocenters. The fourth-order valence-corrected chi connectivity index (χ4v) is 0.913. The fraction of sp³-hybridized carbons (Fsp3) is 0.0769. The minimum atomic E-state index is 0.0494. The third-order valence-electron chi connectivity index (χ3n) is 1.63. The highest BCUT2D eigenvalue weighted by Crippen LogP contribution is 1.91. The van der Waals surface area contributed by atoms with Crippen molar-refractivity contribution < 1.29 is 9.53 Å². The fourth-order valence-electron chi connectivity index (χ4n) is 0.913. The van der Waals surface area contributed by atoms with E-state index in [1.165, 1.54) is 24.8 Å². The molecule has 0 N–H and O–H groups in total. The smallest absolute Gasteiger partial charge is 0.159 e. The Labute approximate surface area is 94.8 Å². The molecule has 0 aromatic rings. The Morgan fingerprint density at radius 3 is 2.94 bits per heavy atom. The highest BCUT2D eigenvalue weighted by atomic mass is 16.5. The molecule has 0 amide bonds. The Bertz CT molecular complexity index is 385. The molecule has 0 fully saturated rings. The molecule has 0 aromatic carbocycles. The Balaban J connectivity index is 2.64. The first-order valence-electron chi connectivity index (χ1n) is 4.91. The van der Waals surface area contributed by atoms with Crippen LogP contribution in [0.2, 0.25) is 0 Å². The second-order valence-electron chi connectivity index (χ2n) is 2.89. The largest absolute Gasteiger partial charge is 0.471 e. The third kappa shape index (κ3) is 6.32. The summed E-state index contributed by atoms with van der Waals surface area (Å²) in [5, 5.41) is 0. The third-order valence-corrected chi connectivity index (χ3v) is 1.63. The molecular formula is C13H13NO2. The second kappa shape index (κ2) is 8.17. The average molecular weight is 215 g/mol. The quantitative estimate of drug-likeness (QED) is 0.623. The number of allylic oxidation sites excluding steroid dienone is 7. The van der Waals surface area contributed by atoms with Gasteiger partial charge in [-0.2, -0.15) is 0 Å². The van der Waals surface area contributed by atoms with Crippen molar-refractivity contribution >= 4 is 12.0 Å². The van der Waals surface area contributed by atoms with Gasteiger partial charge in [-0.3, -0.25) is 9.79 Å². The van der Waals surface area contributed by atoms with Crippen LogP contribution in [-0.4, -0.2) is 12.0 Å². The van der Waals surface area contributed by atoms with E-state index in [0.29, 0.717) is 6.42 Å². The monoisotopic (exact) mass is 215 g/mol. The van der Waals surface area contributed by atoms with E-state index in [2.05, 4.69) is 4.99 Å². The first-order chi connectivity index (χ1) is 7.89. The maximum absolute atomic E-state index is 11.2. The predicted molar refractivity (Wildman–Crippen MR) is 64.9 cm³/mol. The summed E-state index contributed by atoms with van der Waals surface area (Å²) in [6.07, 6.45) is 18.5. The first-order valence-corrected chi connectivity index (χ1v) is 4.91. The molecule has 3 nitrogen and oxygen atoms in total. The van der Waals surface area contributed by atoms with Crippen LogP contribution in [0.15, 0.2) is 66.2 Å². The zero-order valence-electron chi connectivity index (χ0n) is 8.82. The lowest BCUT2D eigenvalue weighted by molar-refractivity contribution is -0.113. The molecule has 0 bridgehead atoms. The van der Waals surface area contributed by atoms with Gasteiger partial charge in [-0.05, 0) is 18.2 Å². The average Bonchev–Trinajstić information content (AvgIpc) is 2.29. The summed E-state index contributed by atoms with van der Waals surface area (Å²) in [5.41, 5.74) is 0. The van der Waals surface area contributed by atoms with Crippen molar-refractivity contribution in [2.75, 3.05) is 0 Å². The molecule has 82 valence electrons. The van der Waals surface area contributed by atoms with Crippen LogP contribution < -0.4 is 0 Å². The van der Waals surface area contributed by atoms with E-state index in [0.717, 1.165) is 0 Å². The van der Waals surface area contributed by atoms with Gasteiger partial charge in [0.25, 0.3) is 0 Å². The van der Waals surface area contributed by atoms with Gasteiger partial charge < -0.3 is 4.74 Å². The molecule has 1 aliphatic heterocycles. The van der Waals surface area contributed by atoms with E-state index < -0.39 is 0 Å². The molecule has 1 heterocycles. The summed E-state index contributed by atoms with van der Waals surface area (Å²) >= 11 is 0. The molecule has 0 radical (unpaired) electrons. The molecule has 0 spiro atoms. The normalized spacial score (nSPS) is 16.9. The maximum atomic E-state index is 11.2. The van der Waals surface area contributed by atoms with Gasteiger partial charge in [0.2, 0.25) is 0 Å². The Morgan fingerprint density at radius 2 is 2.00 bits per heavy atom. The minimum absolute atomic E-state index is 0.0494. The molecule has 16 heavy (non-hydrogen) atoms.